The van der Waals surface area contributed by atoms with Crippen LogP contribution in [0.25, 0.3) is 0 Å². The Morgan fingerprint density at radius 2 is 2.46 bits per heavy atom. The van der Waals surface area contributed by atoms with Crippen molar-refractivity contribution in [1.82, 2.24) is 5.32 Å². The van der Waals surface area contributed by atoms with Crippen molar-refractivity contribution >= 4 is 22.9 Å². The molecule has 0 aliphatic carbocycles. The summed E-state index contributed by atoms with van der Waals surface area (Å²) >= 11 is 7.43. The molecule has 0 fully saturated rings. The van der Waals surface area contributed by atoms with E-state index < -0.39 is 0 Å². The Balaban J connectivity index is 2.40. The van der Waals surface area contributed by atoms with Crippen LogP contribution in [-0.2, 0) is 13.0 Å². The molecule has 0 aliphatic heterocycles. The largest absolute Gasteiger partial charge is 0.307 e. The lowest BCUT2D eigenvalue weighted by Crippen LogP contribution is -2.14. The molecule has 1 aromatic rings. The van der Waals surface area contributed by atoms with Crippen molar-refractivity contribution in [2.24, 2.45) is 0 Å². The quantitative estimate of drug-likeness (QED) is 0.796. The number of halogens is 1. The van der Waals surface area contributed by atoms with Crippen LogP contribution in [0.1, 0.15) is 17.4 Å². The average molecular weight is 216 g/mol. The lowest BCUT2D eigenvalue weighted by atomic mass is 10.2. The Morgan fingerprint density at radius 1 is 1.69 bits per heavy atom. The maximum absolute atomic E-state index is 5.64. The second-order valence-electron chi connectivity index (χ2n) is 2.84. The lowest BCUT2D eigenvalue weighted by Gasteiger charge is -2.03. The van der Waals surface area contributed by atoms with Gasteiger partial charge >= 0.3 is 0 Å². The first-order chi connectivity index (χ1) is 6.24. The van der Waals surface area contributed by atoms with Gasteiger partial charge in [-0.3, -0.25) is 0 Å². The van der Waals surface area contributed by atoms with Gasteiger partial charge in [0.05, 0.1) is 0 Å². The van der Waals surface area contributed by atoms with Gasteiger partial charge in [0.15, 0.2) is 0 Å². The van der Waals surface area contributed by atoms with Crippen LogP contribution in [-0.4, -0.2) is 6.54 Å². The van der Waals surface area contributed by atoms with Crippen LogP contribution in [0.3, 0.4) is 0 Å². The predicted octanol–water partition coefficient (Wildman–Crippen LogP) is 3.15. The fourth-order valence-corrected chi connectivity index (χ4v) is 2.19. The maximum Gasteiger partial charge on any atom is 0.0310 e. The molecule has 0 bridgehead atoms. The van der Waals surface area contributed by atoms with E-state index in [-0.39, 0.29) is 0 Å². The zero-order chi connectivity index (χ0) is 9.68. The van der Waals surface area contributed by atoms with Gasteiger partial charge in [-0.15, -0.1) is 11.3 Å². The SMILES string of the molecule is C=C(Cl)CNCc1sccc1CC. The van der Waals surface area contributed by atoms with E-state index in [1.54, 1.807) is 11.3 Å². The molecule has 1 aromatic heterocycles. The van der Waals surface area contributed by atoms with E-state index in [4.69, 9.17) is 11.6 Å². The molecule has 0 saturated carbocycles. The van der Waals surface area contributed by atoms with Crippen LogP contribution in [0, 0.1) is 0 Å². The predicted molar refractivity (Wildman–Crippen MR) is 60.4 cm³/mol. The highest BCUT2D eigenvalue weighted by molar-refractivity contribution is 7.10. The minimum atomic E-state index is 0.662. The van der Waals surface area contributed by atoms with Gasteiger partial charge in [0.25, 0.3) is 0 Å². The van der Waals surface area contributed by atoms with Crippen molar-refractivity contribution < 1.29 is 0 Å². The molecule has 1 N–H and O–H groups in total. The summed E-state index contributed by atoms with van der Waals surface area (Å²) in [5.74, 6) is 0. The summed E-state index contributed by atoms with van der Waals surface area (Å²) in [7, 11) is 0. The van der Waals surface area contributed by atoms with Gasteiger partial charge in [0.2, 0.25) is 0 Å². The molecule has 1 nitrogen and oxygen atoms in total. The minimum Gasteiger partial charge on any atom is -0.307 e. The summed E-state index contributed by atoms with van der Waals surface area (Å²) in [6.07, 6.45) is 1.10. The molecule has 0 aliphatic rings. The number of thiophene rings is 1. The molecule has 1 heterocycles. The Kier molecular flexibility index (Phi) is 4.50. The van der Waals surface area contributed by atoms with Crippen LogP contribution in [0.5, 0.6) is 0 Å². The number of rotatable bonds is 5. The van der Waals surface area contributed by atoms with Crippen LogP contribution in [0.4, 0.5) is 0 Å². The van der Waals surface area contributed by atoms with Crippen molar-refractivity contribution in [1.29, 1.82) is 0 Å². The Hall–Kier alpha value is -0.310. The summed E-state index contributed by atoms with van der Waals surface area (Å²) in [5, 5.41) is 6.03. The fraction of sp³-hybridized carbons (Fsp3) is 0.400. The molecule has 1 rings (SSSR count). The smallest absolute Gasteiger partial charge is 0.0310 e. The van der Waals surface area contributed by atoms with E-state index in [9.17, 15) is 0 Å². The van der Waals surface area contributed by atoms with Gasteiger partial charge in [-0.1, -0.05) is 25.1 Å². The van der Waals surface area contributed by atoms with Crippen molar-refractivity contribution in [3.63, 3.8) is 0 Å². The monoisotopic (exact) mass is 215 g/mol. The number of nitrogens with one attached hydrogen (secondary N) is 1. The summed E-state index contributed by atoms with van der Waals surface area (Å²) < 4.78 is 0. The zero-order valence-electron chi connectivity index (χ0n) is 7.77. The van der Waals surface area contributed by atoms with Gasteiger partial charge in [0, 0.05) is 23.0 Å². The summed E-state index contributed by atoms with van der Waals surface area (Å²) in [6, 6.07) is 2.18. The van der Waals surface area contributed by atoms with Gasteiger partial charge < -0.3 is 5.32 Å². The summed E-state index contributed by atoms with van der Waals surface area (Å²) in [5.41, 5.74) is 1.43. The summed E-state index contributed by atoms with van der Waals surface area (Å²) in [6.45, 7) is 7.37. The molecule has 0 radical (unpaired) electrons. The normalized spacial score (nSPS) is 10.3. The van der Waals surface area contributed by atoms with Gasteiger partial charge in [-0.2, -0.15) is 0 Å². The van der Waals surface area contributed by atoms with E-state index in [0.717, 1.165) is 13.0 Å². The van der Waals surface area contributed by atoms with E-state index in [0.29, 0.717) is 11.6 Å². The molecular weight excluding hydrogens is 202 g/mol. The molecule has 3 heteroatoms. The van der Waals surface area contributed by atoms with E-state index in [1.807, 2.05) is 0 Å². The van der Waals surface area contributed by atoms with E-state index >= 15 is 0 Å². The highest BCUT2D eigenvalue weighted by Crippen LogP contribution is 2.16. The fourth-order valence-electron chi connectivity index (χ4n) is 1.15. The summed E-state index contributed by atoms with van der Waals surface area (Å²) in [4.78, 5) is 1.40. The van der Waals surface area contributed by atoms with Crippen LogP contribution < -0.4 is 5.32 Å². The standard InChI is InChI=1S/C10H14ClNS/c1-3-9-4-5-13-10(9)7-12-6-8(2)11/h4-5,12H,2-3,6-7H2,1H3. The minimum absolute atomic E-state index is 0.662. The number of aryl methyl sites for hydroxylation is 1. The topological polar surface area (TPSA) is 12.0 Å². The Bertz CT molecular complexity index is 280. The number of hydrogen-bond donors (Lipinski definition) is 1. The lowest BCUT2D eigenvalue weighted by molar-refractivity contribution is 0.759. The second-order valence-corrected chi connectivity index (χ2v) is 4.38. The molecule has 0 spiro atoms. The van der Waals surface area contributed by atoms with Gasteiger partial charge in [-0.25, -0.2) is 0 Å². The second kappa shape index (κ2) is 5.43. The Labute approximate surface area is 88.4 Å². The van der Waals surface area contributed by atoms with Crippen molar-refractivity contribution in [3.8, 4) is 0 Å². The van der Waals surface area contributed by atoms with Crippen molar-refractivity contribution in [2.75, 3.05) is 6.54 Å². The third kappa shape index (κ3) is 3.51. The van der Waals surface area contributed by atoms with Crippen LogP contribution in [0.2, 0.25) is 0 Å². The van der Waals surface area contributed by atoms with E-state index in [2.05, 4.69) is 30.3 Å². The molecule has 0 amide bonds. The van der Waals surface area contributed by atoms with Crippen LogP contribution >= 0.6 is 22.9 Å². The van der Waals surface area contributed by atoms with Crippen molar-refractivity contribution in [2.45, 2.75) is 19.9 Å². The highest BCUT2D eigenvalue weighted by Gasteiger charge is 2.00. The maximum atomic E-state index is 5.64. The Morgan fingerprint density at radius 3 is 3.08 bits per heavy atom. The third-order valence-electron chi connectivity index (χ3n) is 1.82. The molecule has 72 valence electrons. The zero-order valence-corrected chi connectivity index (χ0v) is 9.34. The van der Waals surface area contributed by atoms with Crippen molar-refractivity contribution in [3.05, 3.63) is 33.5 Å². The average Bonchev–Trinajstić information content (AvgIpc) is 2.51. The van der Waals surface area contributed by atoms with Gasteiger partial charge in [-0.05, 0) is 23.4 Å². The van der Waals surface area contributed by atoms with Crippen LogP contribution in [0.15, 0.2) is 23.1 Å². The molecule has 13 heavy (non-hydrogen) atoms. The third-order valence-corrected chi connectivity index (χ3v) is 2.92. The first kappa shape index (κ1) is 10.8. The first-order valence-electron chi connectivity index (χ1n) is 4.33. The molecule has 0 aromatic carbocycles. The number of hydrogen-bond acceptors (Lipinski definition) is 2. The molecule has 0 unspecified atom stereocenters. The molecule has 0 atom stereocenters. The van der Waals surface area contributed by atoms with Gasteiger partial charge in [0.1, 0.15) is 0 Å². The van der Waals surface area contributed by atoms with E-state index in [1.165, 1.54) is 10.4 Å². The molecule has 0 saturated heterocycles. The first-order valence-corrected chi connectivity index (χ1v) is 5.59. The highest BCUT2D eigenvalue weighted by atomic mass is 35.5. The molecular formula is C10H14ClNS.